The van der Waals surface area contributed by atoms with Crippen LogP contribution in [-0.2, 0) is 11.3 Å². The summed E-state index contributed by atoms with van der Waals surface area (Å²) >= 11 is 0. The number of carbonyl (C=O) groups is 1. The molecule has 0 bridgehead atoms. The highest BCUT2D eigenvalue weighted by Crippen LogP contribution is 1.97. The van der Waals surface area contributed by atoms with Gasteiger partial charge in [-0.1, -0.05) is 0 Å². The second-order valence-corrected chi connectivity index (χ2v) is 2.84. The summed E-state index contributed by atoms with van der Waals surface area (Å²) < 4.78 is 2.78. The third-order valence-electron chi connectivity index (χ3n) is 1.86. The molecule has 0 aromatic carbocycles. The molecule has 0 fully saturated rings. The van der Waals surface area contributed by atoms with Crippen LogP contribution in [0.1, 0.15) is 0 Å². The molecule has 0 saturated carbocycles. The molecule has 0 atom stereocenters. The number of hydrogen-bond donors (Lipinski definition) is 1. The third kappa shape index (κ3) is 1.26. The molecule has 6 heteroatoms. The second kappa shape index (κ2) is 2.99. The minimum absolute atomic E-state index is 0.130. The summed E-state index contributed by atoms with van der Waals surface area (Å²) in [5.41, 5.74) is 5.31. The average molecular weight is 192 g/mol. The largest absolute Gasteiger partial charge is 0.368 e. The van der Waals surface area contributed by atoms with Crippen LogP contribution in [-0.4, -0.2) is 20.1 Å². The molecule has 0 radical (unpaired) electrons. The van der Waals surface area contributed by atoms with Gasteiger partial charge in [0.2, 0.25) is 5.91 Å². The minimum atomic E-state index is -0.554. The van der Waals surface area contributed by atoms with Crippen LogP contribution < -0.4 is 11.3 Å². The van der Waals surface area contributed by atoms with E-state index in [-0.39, 0.29) is 12.1 Å². The molecule has 1 amide bonds. The summed E-state index contributed by atoms with van der Waals surface area (Å²) in [6.07, 6.45) is 3.08. The Hall–Kier alpha value is -2.11. The van der Waals surface area contributed by atoms with Gasteiger partial charge < -0.3 is 5.73 Å². The van der Waals surface area contributed by atoms with Crippen LogP contribution in [0.2, 0.25) is 0 Å². The van der Waals surface area contributed by atoms with Crippen molar-refractivity contribution in [3.05, 3.63) is 34.9 Å². The number of fused-ring (bicyclic) bond motifs is 1. The summed E-state index contributed by atoms with van der Waals surface area (Å²) in [5.74, 6) is -0.554. The number of primary amides is 1. The highest BCUT2D eigenvalue weighted by molar-refractivity contribution is 5.74. The smallest absolute Gasteiger partial charge is 0.254 e. The van der Waals surface area contributed by atoms with Gasteiger partial charge in [-0.25, -0.2) is 4.52 Å². The van der Waals surface area contributed by atoms with Crippen molar-refractivity contribution in [2.24, 2.45) is 5.73 Å². The van der Waals surface area contributed by atoms with Crippen LogP contribution in [0.25, 0.3) is 5.65 Å². The van der Waals surface area contributed by atoms with Crippen LogP contribution in [0.5, 0.6) is 0 Å². The molecule has 2 N–H and O–H groups in total. The number of hydrogen-bond acceptors (Lipinski definition) is 3. The molecular formula is C8H8N4O2. The van der Waals surface area contributed by atoms with Gasteiger partial charge in [-0.15, -0.1) is 0 Å². The highest BCUT2D eigenvalue weighted by Gasteiger charge is 2.05. The molecule has 0 spiro atoms. The Morgan fingerprint density at radius 3 is 3.00 bits per heavy atom. The van der Waals surface area contributed by atoms with Crippen molar-refractivity contribution in [1.29, 1.82) is 0 Å². The van der Waals surface area contributed by atoms with E-state index < -0.39 is 5.91 Å². The molecule has 2 heterocycles. The van der Waals surface area contributed by atoms with Crippen molar-refractivity contribution in [2.45, 2.75) is 6.54 Å². The SMILES string of the molecule is NC(=O)Cn1c(=O)ccn2nccc12. The lowest BCUT2D eigenvalue weighted by molar-refractivity contribution is -0.118. The molecule has 0 saturated heterocycles. The van der Waals surface area contributed by atoms with Gasteiger partial charge in [0.15, 0.2) is 0 Å². The molecule has 2 aromatic heterocycles. The quantitative estimate of drug-likeness (QED) is 0.661. The van der Waals surface area contributed by atoms with Crippen molar-refractivity contribution in [3.8, 4) is 0 Å². The van der Waals surface area contributed by atoms with Crippen molar-refractivity contribution < 1.29 is 4.79 Å². The first-order chi connectivity index (χ1) is 6.68. The Morgan fingerprint density at radius 2 is 2.29 bits per heavy atom. The number of amides is 1. The summed E-state index contributed by atoms with van der Waals surface area (Å²) in [7, 11) is 0. The Labute approximate surface area is 78.6 Å². The molecule has 2 rings (SSSR count). The number of aromatic nitrogens is 3. The third-order valence-corrected chi connectivity index (χ3v) is 1.86. The molecular weight excluding hydrogens is 184 g/mol. The van der Waals surface area contributed by atoms with Crippen LogP contribution in [0.3, 0.4) is 0 Å². The lowest BCUT2D eigenvalue weighted by atomic mass is 10.5. The molecule has 2 aromatic rings. The average Bonchev–Trinajstić information content (AvgIpc) is 2.57. The summed E-state index contributed by atoms with van der Waals surface area (Å²) in [4.78, 5) is 22.1. The van der Waals surface area contributed by atoms with Gasteiger partial charge in [-0.05, 0) is 0 Å². The number of nitrogens with two attached hydrogens (primary N) is 1. The Balaban J connectivity index is 2.70. The fourth-order valence-corrected chi connectivity index (χ4v) is 1.29. The molecule has 6 nitrogen and oxygen atoms in total. The van der Waals surface area contributed by atoms with Crippen LogP contribution in [0.15, 0.2) is 29.3 Å². The van der Waals surface area contributed by atoms with Crippen molar-refractivity contribution in [3.63, 3.8) is 0 Å². The maximum atomic E-state index is 11.4. The van der Waals surface area contributed by atoms with E-state index in [1.807, 2.05) is 0 Å². The van der Waals surface area contributed by atoms with E-state index in [0.29, 0.717) is 5.65 Å². The molecule has 0 unspecified atom stereocenters. The van der Waals surface area contributed by atoms with Gasteiger partial charge in [-0.3, -0.25) is 14.2 Å². The zero-order valence-corrected chi connectivity index (χ0v) is 7.25. The van der Waals surface area contributed by atoms with E-state index in [0.717, 1.165) is 0 Å². The van der Waals surface area contributed by atoms with Crippen LogP contribution in [0.4, 0.5) is 0 Å². The lowest BCUT2D eigenvalue weighted by Crippen LogP contribution is -2.28. The first kappa shape index (κ1) is 8.49. The first-order valence-corrected chi connectivity index (χ1v) is 4.00. The van der Waals surface area contributed by atoms with E-state index >= 15 is 0 Å². The summed E-state index contributed by atoms with van der Waals surface area (Å²) in [5, 5.41) is 3.93. The van der Waals surface area contributed by atoms with Gasteiger partial charge in [0.05, 0.1) is 6.20 Å². The molecule has 14 heavy (non-hydrogen) atoms. The number of rotatable bonds is 2. The zero-order valence-electron chi connectivity index (χ0n) is 7.25. The first-order valence-electron chi connectivity index (χ1n) is 4.00. The minimum Gasteiger partial charge on any atom is -0.368 e. The normalized spacial score (nSPS) is 10.6. The highest BCUT2D eigenvalue weighted by atomic mass is 16.2. The monoisotopic (exact) mass is 192 g/mol. The van der Waals surface area contributed by atoms with E-state index in [1.54, 1.807) is 12.3 Å². The maximum absolute atomic E-state index is 11.4. The zero-order chi connectivity index (χ0) is 10.1. The molecule has 72 valence electrons. The lowest BCUT2D eigenvalue weighted by Gasteiger charge is -2.03. The maximum Gasteiger partial charge on any atom is 0.254 e. The van der Waals surface area contributed by atoms with Crippen molar-refractivity contribution in [2.75, 3.05) is 0 Å². The van der Waals surface area contributed by atoms with Crippen LogP contribution >= 0.6 is 0 Å². The van der Waals surface area contributed by atoms with Gasteiger partial charge in [0, 0.05) is 18.3 Å². The van der Waals surface area contributed by atoms with Crippen molar-refractivity contribution >= 4 is 11.6 Å². The predicted octanol–water partition coefficient (Wildman–Crippen LogP) is -1.02. The fraction of sp³-hybridized carbons (Fsp3) is 0.125. The van der Waals surface area contributed by atoms with E-state index in [1.165, 1.54) is 21.3 Å². The molecule has 0 aliphatic heterocycles. The topological polar surface area (TPSA) is 82.4 Å². The second-order valence-electron chi connectivity index (χ2n) is 2.84. The Morgan fingerprint density at radius 1 is 1.50 bits per heavy atom. The van der Waals surface area contributed by atoms with Gasteiger partial charge in [0.25, 0.3) is 5.56 Å². The van der Waals surface area contributed by atoms with E-state index in [2.05, 4.69) is 5.10 Å². The fourth-order valence-electron chi connectivity index (χ4n) is 1.29. The van der Waals surface area contributed by atoms with Gasteiger partial charge in [0.1, 0.15) is 12.2 Å². The molecule has 0 aliphatic rings. The Kier molecular flexibility index (Phi) is 1.81. The number of carbonyl (C=O) groups excluding carboxylic acids is 1. The predicted molar refractivity (Wildman–Crippen MR) is 48.6 cm³/mol. The molecule has 0 aliphatic carbocycles. The van der Waals surface area contributed by atoms with E-state index in [9.17, 15) is 9.59 Å². The van der Waals surface area contributed by atoms with Crippen molar-refractivity contribution in [1.82, 2.24) is 14.2 Å². The Bertz CT molecular complexity index is 540. The number of nitrogens with zero attached hydrogens (tertiary/aromatic N) is 3. The summed E-state index contributed by atoms with van der Waals surface area (Å²) in [6, 6.07) is 2.98. The van der Waals surface area contributed by atoms with E-state index in [4.69, 9.17) is 5.73 Å². The van der Waals surface area contributed by atoms with Gasteiger partial charge in [-0.2, -0.15) is 5.10 Å². The van der Waals surface area contributed by atoms with Crippen LogP contribution in [0, 0.1) is 0 Å². The van der Waals surface area contributed by atoms with Gasteiger partial charge >= 0.3 is 0 Å². The standard InChI is InChI=1S/C8H8N4O2/c9-6(13)5-11-7-1-3-10-12(7)4-2-8(11)14/h1-4H,5H2,(H2,9,13). The summed E-state index contributed by atoms with van der Waals surface area (Å²) in [6.45, 7) is -0.130.